The van der Waals surface area contributed by atoms with E-state index in [1.54, 1.807) is 0 Å². The summed E-state index contributed by atoms with van der Waals surface area (Å²) in [7, 11) is 3.86. The van der Waals surface area contributed by atoms with E-state index < -0.39 is 0 Å². The summed E-state index contributed by atoms with van der Waals surface area (Å²) in [5.41, 5.74) is 8.68. The molecule has 2 fully saturated rings. The minimum Gasteiger partial charge on any atom is -0.392 e. The van der Waals surface area contributed by atoms with Gasteiger partial charge in [0.25, 0.3) is 0 Å². The Labute approximate surface area is 294 Å². The van der Waals surface area contributed by atoms with Crippen molar-refractivity contribution in [1.82, 2.24) is 24.9 Å². The number of aromatic nitrogens is 2. The number of anilines is 1. The molecule has 260 valence electrons. The van der Waals surface area contributed by atoms with Crippen LogP contribution in [0.4, 0.5) is 5.82 Å². The van der Waals surface area contributed by atoms with E-state index in [-0.39, 0.29) is 4.75 Å². The number of allylic oxidation sites excluding steroid dienone is 4. The summed E-state index contributed by atoms with van der Waals surface area (Å²) in [4.78, 5) is 19.0. The molecule has 0 unspecified atom stereocenters. The van der Waals surface area contributed by atoms with E-state index >= 15 is 0 Å². The number of hydrogen-bond donors (Lipinski definition) is 3. The van der Waals surface area contributed by atoms with Gasteiger partial charge in [-0.1, -0.05) is 45.4 Å². The second kappa shape index (κ2) is 19.4. The zero-order valence-electron chi connectivity index (χ0n) is 30.4. The molecule has 3 heterocycles. The smallest absolute Gasteiger partial charge is 0.150 e. The van der Waals surface area contributed by atoms with Gasteiger partial charge in [0.05, 0.1) is 5.52 Å². The number of carbonyl (C=O) groups excluding carboxylic acids is 1. The predicted molar refractivity (Wildman–Crippen MR) is 210 cm³/mol. The number of pyridine rings is 1. The van der Waals surface area contributed by atoms with E-state index in [2.05, 4.69) is 96.1 Å². The predicted octanol–water partition coefficient (Wildman–Crippen LogP) is 8.48. The number of hydrogen-bond acceptors (Lipinski definition) is 7. The molecule has 1 aliphatic heterocycles. The van der Waals surface area contributed by atoms with Crippen molar-refractivity contribution in [2.45, 2.75) is 71.5 Å². The number of piperazine rings is 1. The minimum atomic E-state index is 0.254. The Balaban J connectivity index is 0.000000309. The van der Waals surface area contributed by atoms with Crippen molar-refractivity contribution in [2.75, 3.05) is 51.7 Å². The molecule has 48 heavy (non-hydrogen) atoms. The molecule has 8 heteroatoms. The van der Waals surface area contributed by atoms with Crippen molar-refractivity contribution in [3.63, 3.8) is 0 Å². The Bertz CT molecular complexity index is 1560. The fourth-order valence-corrected chi connectivity index (χ4v) is 6.88. The van der Waals surface area contributed by atoms with Gasteiger partial charge in [0.2, 0.25) is 0 Å². The number of rotatable bonds is 13. The molecule has 1 aliphatic carbocycles. The van der Waals surface area contributed by atoms with Crippen LogP contribution in [-0.4, -0.2) is 66.8 Å². The number of unbranched alkanes of at least 4 members (excludes halogenated alkanes) is 1. The lowest BCUT2D eigenvalue weighted by molar-refractivity contribution is 0.112. The molecule has 3 aromatic rings. The highest BCUT2D eigenvalue weighted by molar-refractivity contribution is 7.99. The van der Waals surface area contributed by atoms with Gasteiger partial charge in [0.1, 0.15) is 5.82 Å². The zero-order chi connectivity index (χ0) is 35.1. The van der Waals surface area contributed by atoms with Crippen LogP contribution in [0.5, 0.6) is 0 Å². The number of likely N-dealkylation sites (N-methyl/N-ethyl adjacent to an activating group) is 1. The van der Waals surface area contributed by atoms with E-state index in [4.69, 9.17) is 4.98 Å². The van der Waals surface area contributed by atoms with Gasteiger partial charge in [-0.25, -0.2) is 4.98 Å². The second-order valence-corrected chi connectivity index (χ2v) is 14.1. The summed E-state index contributed by atoms with van der Waals surface area (Å²) in [6, 6.07) is 8.41. The number of benzene rings is 1. The standard InChI is InChI=1S/C25H28N4OS.C11H20N2.C4H10/c1-3-6-25(7-8-25)31-29-16-18(2)24-21(17-30)13-20(14-22(24)29)19-4-5-23(27-15-19)28-11-9-26-10-12-28;1-6-11(8-12-4)9(2)7-10(3)13-5;1-3-4-2/h3-5,13-17,26H,1,6-12H2,2H3;6-7,12-13H,1,8H2,2-5H3;3-4H2,1-2H3/b;10-7-,11-9+;. The molecule has 2 aliphatic rings. The lowest BCUT2D eigenvalue weighted by Gasteiger charge is -2.28. The fourth-order valence-electron chi connectivity index (χ4n) is 5.53. The van der Waals surface area contributed by atoms with Gasteiger partial charge in [0, 0.05) is 79.1 Å². The van der Waals surface area contributed by atoms with Crippen LogP contribution in [0, 0.1) is 6.92 Å². The fraction of sp³-hybridized carbons (Fsp3) is 0.450. The molecule has 0 atom stereocenters. The summed E-state index contributed by atoms with van der Waals surface area (Å²) in [6.07, 6.45) is 17.2. The molecule has 0 bridgehead atoms. The van der Waals surface area contributed by atoms with E-state index in [0.29, 0.717) is 0 Å². The number of aryl methyl sites for hydroxylation is 1. The number of carbonyl (C=O) groups is 1. The summed E-state index contributed by atoms with van der Waals surface area (Å²) >= 11 is 1.88. The van der Waals surface area contributed by atoms with Crippen LogP contribution in [0.25, 0.3) is 22.0 Å². The number of nitrogens with zero attached hydrogens (tertiary/aromatic N) is 3. The summed E-state index contributed by atoms with van der Waals surface area (Å²) < 4.78 is 2.52. The third-order valence-electron chi connectivity index (χ3n) is 8.80. The molecule has 0 amide bonds. The Morgan fingerprint density at radius 2 is 1.79 bits per heavy atom. The lowest BCUT2D eigenvalue weighted by atomic mass is 10.0. The van der Waals surface area contributed by atoms with Crippen LogP contribution >= 0.6 is 11.9 Å². The normalized spacial score (nSPS) is 15.7. The molecule has 1 saturated heterocycles. The van der Waals surface area contributed by atoms with Gasteiger partial charge in [-0.15, -0.1) is 6.58 Å². The van der Waals surface area contributed by atoms with Crippen molar-refractivity contribution >= 4 is 35.0 Å². The summed E-state index contributed by atoms with van der Waals surface area (Å²) in [6.45, 7) is 23.1. The van der Waals surface area contributed by atoms with E-state index in [1.807, 2.05) is 57.4 Å². The first-order valence-corrected chi connectivity index (χ1v) is 18.1. The number of aldehydes is 1. The summed E-state index contributed by atoms with van der Waals surface area (Å²) in [5.74, 6) is 1.01. The Morgan fingerprint density at radius 1 is 1.08 bits per heavy atom. The molecular weight excluding hydrogens is 613 g/mol. The van der Waals surface area contributed by atoms with Gasteiger partial charge in [0.15, 0.2) is 6.29 Å². The highest BCUT2D eigenvalue weighted by Crippen LogP contribution is 2.53. The van der Waals surface area contributed by atoms with Gasteiger partial charge < -0.3 is 20.9 Å². The molecule has 1 aromatic carbocycles. The van der Waals surface area contributed by atoms with E-state index in [0.717, 1.165) is 90.1 Å². The first-order valence-electron chi connectivity index (χ1n) is 17.4. The first kappa shape index (κ1) is 38.9. The van der Waals surface area contributed by atoms with Crippen molar-refractivity contribution < 1.29 is 4.79 Å². The van der Waals surface area contributed by atoms with Crippen molar-refractivity contribution in [2.24, 2.45) is 0 Å². The Morgan fingerprint density at radius 3 is 2.31 bits per heavy atom. The Kier molecular flexibility index (Phi) is 15.7. The SMILES string of the molecule is C=C/C(CNC)=C(C)\C=C(\C)NC.C=CCC1(Sn2cc(C)c3c(C=O)cc(-c4ccc(N5CCNCC5)nc4)cc32)CC1.CCCC. The van der Waals surface area contributed by atoms with E-state index in [9.17, 15) is 4.79 Å². The molecule has 0 radical (unpaired) electrons. The Hall–Kier alpha value is -3.59. The largest absolute Gasteiger partial charge is 0.392 e. The average molecular weight is 671 g/mol. The topological polar surface area (TPSA) is 74.2 Å². The highest BCUT2D eigenvalue weighted by atomic mass is 32.2. The maximum atomic E-state index is 12.0. The molecule has 0 spiro atoms. The first-order chi connectivity index (χ1) is 23.2. The lowest BCUT2D eigenvalue weighted by Crippen LogP contribution is -2.43. The molecule has 2 aromatic heterocycles. The maximum Gasteiger partial charge on any atom is 0.150 e. The molecule has 5 rings (SSSR count). The van der Waals surface area contributed by atoms with E-state index in [1.165, 1.54) is 36.8 Å². The van der Waals surface area contributed by atoms with Crippen LogP contribution in [-0.2, 0) is 0 Å². The quantitative estimate of drug-likeness (QED) is 0.0957. The van der Waals surface area contributed by atoms with Crippen LogP contribution in [0.1, 0.15) is 75.7 Å². The minimum absolute atomic E-state index is 0.254. The molecular formula is C40H58N6OS. The molecule has 7 nitrogen and oxygen atoms in total. The van der Waals surface area contributed by atoms with Crippen molar-refractivity contribution in [3.05, 3.63) is 96.0 Å². The highest BCUT2D eigenvalue weighted by Gasteiger charge is 2.43. The third-order valence-corrected chi connectivity index (χ3v) is 10.3. The van der Waals surface area contributed by atoms with Gasteiger partial charge in [-0.2, -0.15) is 0 Å². The molecule has 1 saturated carbocycles. The second-order valence-electron chi connectivity index (χ2n) is 12.6. The zero-order valence-corrected chi connectivity index (χ0v) is 31.2. The monoisotopic (exact) mass is 670 g/mol. The van der Waals surface area contributed by atoms with Gasteiger partial charge in [-0.05, 0) is 112 Å². The number of fused-ring (bicyclic) bond motifs is 1. The van der Waals surface area contributed by atoms with Gasteiger partial charge >= 0.3 is 0 Å². The average Bonchev–Trinajstić information content (AvgIpc) is 3.81. The third kappa shape index (κ3) is 10.7. The van der Waals surface area contributed by atoms with Crippen molar-refractivity contribution in [1.29, 1.82) is 0 Å². The van der Waals surface area contributed by atoms with Crippen LogP contribution < -0.4 is 20.9 Å². The van der Waals surface area contributed by atoms with Crippen LogP contribution in [0.2, 0.25) is 0 Å². The number of nitrogens with one attached hydrogen (secondary N) is 3. The van der Waals surface area contributed by atoms with Crippen LogP contribution in [0.3, 0.4) is 0 Å². The molecule has 3 N–H and O–H groups in total. The summed E-state index contributed by atoms with van der Waals surface area (Å²) in [5, 5.41) is 10.6. The van der Waals surface area contributed by atoms with Crippen molar-refractivity contribution in [3.8, 4) is 11.1 Å². The van der Waals surface area contributed by atoms with Crippen LogP contribution in [0.15, 0.2) is 84.9 Å². The van der Waals surface area contributed by atoms with Gasteiger partial charge in [-0.3, -0.25) is 8.77 Å². The maximum absolute atomic E-state index is 12.0.